The highest BCUT2D eigenvalue weighted by Gasteiger charge is 2.41. The molecule has 3 heteroatoms. The molecule has 2 aliphatic rings. The molecule has 0 spiro atoms. The normalized spacial score (nSPS) is 29.4. The molecular formula is C11H13N3. The molecule has 0 aromatic carbocycles. The van der Waals surface area contributed by atoms with E-state index in [1.54, 1.807) is 6.33 Å². The fourth-order valence-electron chi connectivity index (χ4n) is 2.59. The molecule has 0 amide bonds. The molecule has 1 aliphatic heterocycles. The van der Waals surface area contributed by atoms with E-state index in [9.17, 15) is 0 Å². The van der Waals surface area contributed by atoms with Crippen LogP contribution >= 0.6 is 0 Å². The zero-order valence-corrected chi connectivity index (χ0v) is 8.32. The third-order valence-electron chi connectivity index (χ3n) is 3.50. The number of fused-ring (bicyclic) bond motifs is 3. The summed E-state index contributed by atoms with van der Waals surface area (Å²) in [4.78, 5) is 12.9. The quantitative estimate of drug-likeness (QED) is 0.625. The highest BCUT2D eigenvalue weighted by atomic mass is 15.0. The van der Waals surface area contributed by atoms with E-state index in [-0.39, 0.29) is 5.41 Å². The van der Waals surface area contributed by atoms with Crippen molar-refractivity contribution in [1.29, 1.82) is 0 Å². The number of rotatable bonds is 0. The van der Waals surface area contributed by atoms with Crippen molar-refractivity contribution >= 4 is 11.5 Å². The molecule has 0 saturated heterocycles. The van der Waals surface area contributed by atoms with Crippen molar-refractivity contribution in [2.24, 2.45) is 4.99 Å². The fourth-order valence-corrected chi connectivity index (χ4v) is 2.59. The van der Waals surface area contributed by atoms with Gasteiger partial charge in [-0.3, -0.25) is 0 Å². The second-order valence-electron chi connectivity index (χ2n) is 4.36. The van der Waals surface area contributed by atoms with E-state index in [4.69, 9.17) is 0 Å². The average molecular weight is 187 g/mol. The summed E-state index contributed by atoms with van der Waals surface area (Å²) in [6, 6.07) is 0. The molecule has 1 atom stereocenters. The first-order valence-electron chi connectivity index (χ1n) is 5.19. The Morgan fingerprint density at radius 1 is 1.36 bits per heavy atom. The average Bonchev–Trinajstić information content (AvgIpc) is 2.51. The summed E-state index contributed by atoms with van der Waals surface area (Å²) < 4.78 is 0. The van der Waals surface area contributed by atoms with Crippen LogP contribution in [0.15, 0.2) is 17.5 Å². The van der Waals surface area contributed by atoms with Crippen molar-refractivity contribution in [2.45, 2.75) is 38.0 Å². The van der Waals surface area contributed by atoms with E-state index >= 15 is 0 Å². The molecule has 0 radical (unpaired) electrons. The molecule has 1 aromatic rings. The Morgan fingerprint density at radius 2 is 2.29 bits per heavy atom. The summed E-state index contributed by atoms with van der Waals surface area (Å²) in [6.07, 6.45) is 8.42. The molecule has 72 valence electrons. The molecule has 0 bridgehead atoms. The van der Waals surface area contributed by atoms with Gasteiger partial charge < -0.3 is 0 Å². The van der Waals surface area contributed by atoms with E-state index in [1.165, 1.54) is 30.5 Å². The molecule has 1 aromatic heterocycles. The first kappa shape index (κ1) is 8.09. The van der Waals surface area contributed by atoms with E-state index < -0.39 is 0 Å². The van der Waals surface area contributed by atoms with Crippen LogP contribution in [-0.2, 0) is 5.41 Å². The van der Waals surface area contributed by atoms with Crippen molar-refractivity contribution in [2.75, 3.05) is 0 Å². The molecule has 3 nitrogen and oxygen atoms in total. The van der Waals surface area contributed by atoms with Gasteiger partial charge in [-0.05, 0) is 19.3 Å². The Bertz CT molecular complexity index is 411. The van der Waals surface area contributed by atoms with E-state index in [2.05, 4.69) is 21.9 Å². The molecule has 3 rings (SSSR count). The Balaban J connectivity index is 2.18. The minimum Gasteiger partial charge on any atom is -0.244 e. The van der Waals surface area contributed by atoms with Gasteiger partial charge in [0.25, 0.3) is 0 Å². The fraction of sp³-hybridized carbons (Fsp3) is 0.545. The van der Waals surface area contributed by atoms with Gasteiger partial charge in [-0.2, -0.15) is 0 Å². The minimum absolute atomic E-state index is 0.148. The maximum atomic E-state index is 4.61. The van der Waals surface area contributed by atoms with Gasteiger partial charge in [-0.1, -0.05) is 13.3 Å². The molecule has 1 unspecified atom stereocenters. The SMILES string of the molecule is CC12CCCCC1=Nc1ncncc12. The molecule has 2 heterocycles. The van der Waals surface area contributed by atoms with Crippen LogP contribution in [0.5, 0.6) is 0 Å². The molecular weight excluding hydrogens is 174 g/mol. The largest absolute Gasteiger partial charge is 0.244 e. The highest BCUT2D eigenvalue weighted by Crippen LogP contribution is 2.45. The predicted octanol–water partition coefficient (Wildman–Crippen LogP) is 2.39. The first-order valence-corrected chi connectivity index (χ1v) is 5.19. The highest BCUT2D eigenvalue weighted by molar-refractivity contribution is 6.01. The smallest absolute Gasteiger partial charge is 0.159 e. The number of hydrogen-bond acceptors (Lipinski definition) is 3. The zero-order chi connectivity index (χ0) is 9.60. The Labute approximate surface area is 83.3 Å². The van der Waals surface area contributed by atoms with Crippen LogP contribution in [0, 0.1) is 0 Å². The molecule has 1 saturated carbocycles. The molecule has 1 fully saturated rings. The van der Waals surface area contributed by atoms with Crippen molar-refractivity contribution in [1.82, 2.24) is 9.97 Å². The van der Waals surface area contributed by atoms with Crippen LogP contribution in [0.2, 0.25) is 0 Å². The van der Waals surface area contributed by atoms with Crippen LogP contribution < -0.4 is 0 Å². The van der Waals surface area contributed by atoms with Crippen LogP contribution in [0.1, 0.15) is 38.2 Å². The van der Waals surface area contributed by atoms with Crippen molar-refractivity contribution < 1.29 is 0 Å². The summed E-state index contributed by atoms with van der Waals surface area (Å²) in [5.74, 6) is 0.902. The van der Waals surface area contributed by atoms with Gasteiger partial charge >= 0.3 is 0 Å². The second kappa shape index (κ2) is 2.62. The van der Waals surface area contributed by atoms with Gasteiger partial charge in [-0.15, -0.1) is 0 Å². The predicted molar refractivity (Wildman–Crippen MR) is 54.9 cm³/mol. The molecule has 1 aliphatic carbocycles. The third-order valence-corrected chi connectivity index (χ3v) is 3.50. The van der Waals surface area contributed by atoms with Crippen molar-refractivity contribution in [3.8, 4) is 0 Å². The first-order chi connectivity index (χ1) is 6.81. The minimum atomic E-state index is 0.148. The number of hydrogen-bond donors (Lipinski definition) is 0. The maximum absolute atomic E-state index is 4.61. The van der Waals surface area contributed by atoms with Crippen molar-refractivity contribution in [3.63, 3.8) is 0 Å². The topological polar surface area (TPSA) is 38.1 Å². The third kappa shape index (κ3) is 0.897. The van der Waals surface area contributed by atoms with Gasteiger partial charge in [0.15, 0.2) is 5.82 Å². The summed E-state index contributed by atoms with van der Waals surface area (Å²) >= 11 is 0. The number of nitrogens with zero attached hydrogens (tertiary/aromatic N) is 3. The van der Waals surface area contributed by atoms with Gasteiger partial charge in [0.05, 0.1) is 0 Å². The molecule has 0 N–H and O–H groups in total. The van der Waals surface area contributed by atoms with Gasteiger partial charge in [0.1, 0.15) is 6.33 Å². The maximum Gasteiger partial charge on any atom is 0.159 e. The second-order valence-corrected chi connectivity index (χ2v) is 4.36. The summed E-state index contributed by atoms with van der Waals surface area (Å²) in [7, 11) is 0. The van der Waals surface area contributed by atoms with Gasteiger partial charge in [0, 0.05) is 22.9 Å². The summed E-state index contributed by atoms with van der Waals surface area (Å²) in [5, 5.41) is 0. The lowest BCUT2D eigenvalue weighted by Crippen LogP contribution is -2.32. The van der Waals surface area contributed by atoms with Gasteiger partial charge in [-0.25, -0.2) is 15.0 Å². The number of aliphatic imine (C=N–C) groups is 1. The monoisotopic (exact) mass is 187 g/mol. The van der Waals surface area contributed by atoms with Gasteiger partial charge in [0.2, 0.25) is 0 Å². The lowest BCUT2D eigenvalue weighted by atomic mass is 9.71. The Hall–Kier alpha value is -1.25. The van der Waals surface area contributed by atoms with Crippen LogP contribution in [0.4, 0.5) is 5.82 Å². The van der Waals surface area contributed by atoms with Crippen LogP contribution in [0.3, 0.4) is 0 Å². The summed E-state index contributed by atoms with van der Waals surface area (Å²) in [5.41, 5.74) is 2.70. The lowest BCUT2D eigenvalue weighted by molar-refractivity contribution is 0.496. The van der Waals surface area contributed by atoms with Crippen LogP contribution in [-0.4, -0.2) is 15.7 Å². The van der Waals surface area contributed by atoms with E-state index in [0.717, 1.165) is 12.2 Å². The van der Waals surface area contributed by atoms with E-state index in [1.807, 2.05) is 6.20 Å². The standard InChI is InChI=1S/C11H13N3/c1-11-5-3-2-4-9(11)14-10-8(11)6-12-7-13-10/h6-7H,2-5H2,1H3. The Morgan fingerprint density at radius 3 is 3.21 bits per heavy atom. The number of aromatic nitrogens is 2. The molecule has 14 heavy (non-hydrogen) atoms. The van der Waals surface area contributed by atoms with E-state index in [0.29, 0.717) is 0 Å². The lowest BCUT2D eigenvalue weighted by Gasteiger charge is -2.31. The Kier molecular flexibility index (Phi) is 1.52. The zero-order valence-electron chi connectivity index (χ0n) is 8.32. The summed E-state index contributed by atoms with van der Waals surface area (Å²) in [6.45, 7) is 2.28. The van der Waals surface area contributed by atoms with Crippen molar-refractivity contribution in [3.05, 3.63) is 18.1 Å². The van der Waals surface area contributed by atoms with Crippen LogP contribution in [0.25, 0.3) is 0 Å².